The monoisotopic (exact) mass is 437 g/mol. The van der Waals surface area contributed by atoms with Crippen molar-refractivity contribution < 1.29 is 14.3 Å². The zero-order chi connectivity index (χ0) is 21.4. The lowest BCUT2D eigenvalue weighted by molar-refractivity contribution is -0.117. The van der Waals surface area contributed by atoms with Crippen molar-refractivity contribution in [2.24, 2.45) is 0 Å². The SMILES string of the molecule is C[C@H](c1nc2ccccc2s1)N(C)CC(=O)Nc1ccc2c(c1)OC1(CCCCC1)O2. The number of nitrogens with one attached hydrogen (secondary N) is 1. The summed E-state index contributed by atoms with van der Waals surface area (Å²) < 4.78 is 13.5. The first-order valence-electron chi connectivity index (χ1n) is 10.9. The zero-order valence-corrected chi connectivity index (χ0v) is 18.7. The van der Waals surface area contributed by atoms with Gasteiger partial charge in [0.05, 0.1) is 22.8 Å². The number of thiazole rings is 1. The molecule has 0 radical (unpaired) electrons. The predicted octanol–water partition coefficient (Wildman–Crippen LogP) is 5.36. The molecule has 1 fully saturated rings. The number of amides is 1. The molecule has 1 saturated carbocycles. The summed E-state index contributed by atoms with van der Waals surface area (Å²) in [4.78, 5) is 19.4. The van der Waals surface area contributed by atoms with E-state index in [-0.39, 0.29) is 18.5 Å². The van der Waals surface area contributed by atoms with Crippen molar-refractivity contribution in [3.05, 3.63) is 47.5 Å². The van der Waals surface area contributed by atoms with Crippen LogP contribution in [0.15, 0.2) is 42.5 Å². The van der Waals surface area contributed by atoms with E-state index in [9.17, 15) is 4.79 Å². The number of hydrogen-bond donors (Lipinski definition) is 1. The number of likely N-dealkylation sites (N-methyl/N-ethyl adjacent to an activating group) is 1. The highest BCUT2D eigenvalue weighted by Gasteiger charge is 2.42. The molecule has 1 amide bonds. The van der Waals surface area contributed by atoms with E-state index in [4.69, 9.17) is 14.5 Å². The smallest absolute Gasteiger partial charge is 0.251 e. The largest absolute Gasteiger partial charge is 0.448 e. The molecule has 6 nitrogen and oxygen atoms in total. The molecule has 0 saturated heterocycles. The van der Waals surface area contributed by atoms with Crippen molar-refractivity contribution in [2.75, 3.05) is 18.9 Å². The van der Waals surface area contributed by atoms with E-state index in [0.717, 1.165) is 53.4 Å². The summed E-state index contributed by atoms with van der Waals surface area (Å²) >= 11 is 1.67. The standard InChI is InChI=1S/C24H27N3O3S/c1-16(23-26-18-8-4-5-9-21(18)31-23)27(2)15-22(28)25-17-10-11-19-20(14-17)30-24(29-19)12-6-3-7-13-24/h4-5,8-11,14,16H,3,6-7,12-13,15H2,1-2H3,(H,25,28)/t16-/m1/s1. The Morgan fingerprint density at radius 3 is 2.74 bits per heavy atom. The van der Waals surface area contributed by atoms with Crippen LogP contribution >= 0.6 is 11.3 Å². The van der Waals surface area contributed by atoms with E-state index >= 15 is 0 Å². The van der Waals surface area contributed by atoms with Crippen LogP contribution in [-0.4, -0.2) is 35.2 Å². The highest BCUT2D eigenvalue weighted by atomic mass is 32.1. The number of nitrogens with zero attached hydrogens (tertiary/aromatic N) is 2. The molecule has 0 unspecified atom stereocenters. The van der Waals surface area contributed by atoms with E-state index in [0.29, 0.717) is 0 Å². The van der Waals surface area contributed by atoms with Crippen LogP contribution in [-0.2, 0) is 4.79 Å². The molecule has 3 aromatic rings. The third-order valence-electron chi connectivity index (χ3n) is 6.16. The molecule has 162 valence electrons. The minimum absolute atomic E-state index is 0.0473. The molecule has 2 aromatic carbocycles. The molecule has 1 atom stereocenters. The number of fused-ring (bicyclic) bond motifs is 2. The summed E-state index contributed by atoms with van der Waals surface area (Å²) in [5.74, 6) is 0.912. The fourth-order valence-electron chi connectivity index (χ4n) is 4.29. The summed E-state index contributed by atoms with van der Waals surface area (Å²) in [6, 6.07) is 13.8. The van der Waals surface area contributed by atoms with Crippen molar-refractivity contribution in [1.29, 1.82) is 0 Å². The summed E-state index contributed by atoms with van der Waals surface area (Å²) in [5.41, 5.74) is 1.73. The van der Waals surface area contributed by atoms with Gasteiger partial charge in [0.15, 0.2) is 11.5 Å². The maximum absolute atomic E-state index is 12.7. The molecule has 5 rings (SSSR count). The topological polar surface area (TPSA) is 63.7 Å². The molecule has 1 N–H and O–H groups in total. The van der Waals surface area contributed by atoms with Gasteiger partial charge in [0, 0.05) is 24.6 Å². The number of rotatable bonds is 5. The number of carbonyl (C=O) groups is 1. The second-order valence-corrected chi connectivity index (χ2v) is 9.56. The van der Waals surface area contributed by atoms with Crippen molar-refractivity contribution in [1.82, 2.24) is 9.88 Å². The van der Waals surface area contributed by atoms with Gasteiger partial charge in [-0.2, -0.15) is 0 Å². The third-order valence-corrected chi connectivity index (χ3v) is 7.36. The Morgan fingerprint density at radius 2 is 1.94 bits per heavy atom. The van der Waals surface area contributed by atoms with Crippen LogP contribution in [0.3, 0.4) is 0 Å². The van der Waals surface area contributed by atoms with Gasteiger partial charge in [-0.25, -0.2) is 4.98 Å². The van der Waals surface area contributed by atoms with Gasteiger partial charge in [-0.1, -0.05) is 18.6 Å². The lowest BCUT2D eigenvalue weighted by Crippen LogP contribution is -2.40. The highest BCUT2D eigenvalue weighted by Crippen LogP contribution is 2.46. The minimum atomic E-state index is -0.504. The van der Waals surface area contributed by atoms with Gasteiger partial charge in [0.1, 0.15) is 5.01 Å². The third kappa shape index (κ3) is 4.12. The molecule has 1 aliphatic heterocycles. The molecule has 1 spiro atoms. The number of aromatic nitrogens is 1. The Balaban J connectivity index is 1.21. The van der Waals surface area contributed by atoms with E-state index in [1.54, 1.807) is 11.3 Å². The first-order valence-corrected chi connectivity index (χ1v) is 11.7. The van der Waals surface area contributed by atoms with E-state index in [1.165, 1.54) is 11.1 Å². The number of carbonyl (C=O) groups excluding carboxylic acids is 1. The first kappa shape index (κ1) is 20.3. The van der Waals surface area contributed by atoms with Crippen molar-refractivity contribution in [3.63, 3.8) is 0 Å². The van der Waals surface area contributed by atoms with Gasteiger partial charge in [-0.05, 0) is 51.1 Å². The minimum Gasteiger partial charge on any atom is -0.448 e. The molecule has 2 aliphatic rings. The number of anilines is 1. The maximum Gasteiger partial charge on any atom is 0.251 e. The van der Waals surface area contributed by atoms with Crippen LogP contribution in [0, 0.1) is 0 Å². The van der Waals surface area contributed by atoms with Crippen LogP contribution in [0.1, 0.15) is 50.1 Å². The van der Waals surface area contributed by atoms with Gasteiger partial charge in [0.2, 0.25) is 5.91 Å². The van der Waals surface area contributed by atoms with Gasteiger partial charge >= 0.3 is 0 Å². The molecule has 2 heterocycles. The van der Waals surface area contributed by atoms with Crippen molar-refractivity contribution in [2.45, 2.75) is 50.9 Å². The second kappa shape index (κ2) is 8.13. The maximum atomic E-state index is 12.7. The van der Waals surface area contributed by atoms with Crippen LogP contribution in [0.2, 0.25) is 0 Å². The second-order valence-electron chi connectivity index (χ2n) is 8.50. The molecular formula is C24H27N3O3S. The Bertz CT molecular complexity index is 1070. The molecule has 0 bridgehead atoms. The highest BCUT2D eigenvalue weighted by molar-refractivity contribution is 7.18. The Kier molecular flexibility index (Phi) is 5.32. The Morgan fingerprint density at radius 1 is 1.16 bits per heavy atom. The lowest BCUT2D eigenvalue weighted by Gasteiger charge is -2.31. The lowest BCUT2D eigenvalue weighted by atomic mass is 9.94. The molecule has 1 aromatic heterocycles. The van der Waals surface area contributed by atoms with Crippen LogP contribution in [0.5, 0.6) is 11.5 Å². The fraction of sp³-hybridized carbons (Fsp3) is 0.417. The number of para-hydroxylation sites is 1. The average Bonchev–Trinajstić information content (AvgIpc) is 3.34. The van der Waals surface area contributed by atoms with E-state index in [1.807, 2.05) is 48.3 Å². The predicted molar refractivity (Wildman–Crippen MR) is 123 cm³/mol. The number of benzene rings is 2. The van der Waals surface area contributed by atoms with Crippen molar-refractivity contribution >= 4 is 33.1 Å². The van der Waals surface area contributed by atoms with E-state index < -0.39 is 5.79 Å². The Labute approximate surface area is 186 Å². The first-order chi connectivity index (χ1) is 15.0. The summed E-state index contributed by atoms with van der Waals surface area (Å²) in [6.45, 7) is 2.35. The normalized spacial score (nSPS) is 17.9. The fourth-order valence-corrected chi connectivity index (χ4v) is 5.37. The van der Waals surface area contributed by atoms with Crippen LogP contribution < -0.4 is 14.8 Å². The molecular weight excluding hydrogens is 410 g/mol. The summed E-state index contributed by atoms with van der Waals surface area (Å²) in [5, 5.41) is 4.01. The van der Waals surface area contributed by atoms with Gasteiger partial charge in [-0.3, -0.25) is 9.69 Å². The molecule has 1 aliphatic carbocycles. The molecule has 7 heteroatoms. The quantitative estimate of drug-likeness (QED) is 0.582. The Hall–Kier alpha value is -2.64. The van der Waals surface area contributed by atoms with E-state index in [2.05, 4.69) is 18.3 Å². The van der Waals surface area contributed by atoms with Crippen LogP contribution in [0.25, 0.3) is 10.2 Å². The zero-order valence-electron chi connectivity index (χ0n) is 17.9. The van der Waals surface area contributed by atoms with Gasteiger partial charge in [0.25, 0.3) is 5.79 Å². The summed E-state index contributed by atoms with van der Waals surface area (Å²) in [6.07, 6.45) is 5.30. The van der Waals surface area contributed by atoms with Crippen LogP contribution in [0.4, 0.5) is 5.69 Å². The summed E-state index contributed by atoms with van der Waals surface area (Å²) in [7, 11) is 1.95. The number of hydrogen-bond acceptors (Lipinski definition) is 6. The number of ether oxygens (including phenoxy) is 2. The average molecular weight is 438 g/mol. The van der Waals surface area contributed by atoms with Crippen molar-refractivity contribution in [3.8, 4) is 11.5 Å². The molecule has 31 heavy (non-hydrogen) atoms. The van der Waals surface area contributed by atoms with Gasteiger partial charge < -0.3 is 14.8 Å². The van der Waals surface area contributed by atoms with Gasteiger partial charge in [-0.15, -0.1) is 11.3 Å².